The van der Waals surface area contributed by atoms with Gasteiger partial charge in [0, 0.05) is 30.9 Å². The minimum atomic E-state index is -0.205. The molecule has 2 fully saturated rings. The van der Waals surface area contributed by atoms with Gasteiger partial charge in [-0.2, -0.15) is 0 Å². The van der Waals surface area contributed by atoms with Crippen molar-refractivity contribution in [3.05, 3.63) is 29.6 Å². The predicted molar refractivity (Wildman–Crippen MR) is 64.0 cm³/mol. The third-order valence-electron chi connectivity index (χ3n) is 3.59. The van der Waals surface area contributed by atoms with Crippen LogP contribution in [-0.4, -0.2) is 30.2 Å². The smallest absolute Gasteiger partial charge is 0.129 e. The second kappa shape index (κ2) is 4.27. The number of likely N-dealkylation sites (tertiary alicyclic amines) is 1. The van der Waals surface area contributed by atoms with Gasteiger partial charge in [0.05, 0.1) is 12.2 Å². The minimum absolute atomic E-state index is 0.205. The van der Waals surface area contributed by atoms with Crippen LogP contribution in [0.5, 0.6) is 0 Å². The second-order valence-corrected chi connectivity index (χ2v) is 5.00. The van der Waals surface area contributed by atoms with Crippen LogP contribution in [0.2, 0.25) is 0 Å². The number of ether oxygens (including phenoxy) is 1. The Morgan fingerprint density at radius 1 is 1.29 bits per heavy atom. The maximum atomic E-state index is 13.7. The van der Waals surface area contributed by atoms with E-state index in [0.29, 0.717) is 24.4 Å². The molecule has 2 heterocycles. The van der Waals surface area contributed by atoms with Gasteiger partial charge in [-0.1, -0.05) is 6.07 Å². The first-order valence-electron chi connectivity index (χ1n) is 6.12. The Balaban J connectivity index is 1.70. The summed E-state index contributed by atoms with van der Waals surface area (Å²) in [6, 6.07) is 4.93. The summed E-state index contributed by atoms with van der Waals surface area (Å²) in [5.74, 6) is -0.205. The number of hydrogen-bond acceptors (Lipinski definition) is 3. The molecule has 0 aliphatic carbocycles. The van der Waals surface area contributed by atoms with Crippen molar-refractivity contribution in [3.63, 3.8) is 0 Å². The molecule has 2 saturated heterocycles. The fourth-order valence-corrected chi connectivity index (χ4v) is 2.76. The summed E-state index contributed by atoms with van der Waals surface area (Å²) < 4.78 is 19.4. The van der Waals surface area contributed by atoms with Crippen molar-refractivity contribution in [2.75, 3.05) is 18.8 Å². The molecule has 2 N–H and O–H groups in total. The summed E-state index contributed by atoms with van der Waals surface area (Å²) in [5.41, 5.74) is 6.74. The Bertz CT molecular complexity index is 412. The number of benzene rings is 1. The van der Waals surface area contributed by atoms with Gasteiger partial charge in [-0.25, -0.2) is 4.39 Å². The normalized spacial score (nSPS) is 28.5. The van der Waals surface area contributed by atoms with Crippen LogP contribution >= 0.6 is 0 Å². The first-order valence-corrected chi connectivity index (χ1v) is 6.12. The first-order chi connectivity index (χ1) is 8.20. The molecule has 1 aromatic rings. The van der Waals surface area contributed by atoms with Crippen LogP contribution in [0.25, 0.3) is 0 Å². The van der Waals surface area contributed by atoms with Crippen molar-refractivity contribution >= 4 is 5.69 Å². The van der Waals surface area contributed by atoms with E-state index in [4.69, 9.17) is 10.5 Å². The number of hydrogen-bond donors (Lipinski definition) is 1. The molecular weight excluding hydrogens is 219 g/mol. The third-order valence-corrected chi connectivity index (χ3v) is 3.59. The van der Waals surface area contributed by atoms with Gasteiger partial charge < -0.3 is 10.5 Å². The van der Waals surface area contributed by atoms with Crippen LogP contribution in [0, 0.1) is 5.82 Å². The summed E-state index contributed by atoms with van der Waals surface area (Å²) in [6.07, 6.45) is 2.99. The van der Waals surface area contributed by atoms with Crippen molar-refractivity contribution in [1.82, 2.24) is 4.90 Å². The lowest BCUT2D eigenvalue weighted by atomic mass is 10.1. The molecule has 0 spiro atoms. The van der Waals surface area contributed by atoms with E-state index in [1.54, 1.807) is 12.1 Å². The Morgan fingerprint density at radius 3 is 2.65 bits per heavy atom. The highest BCUT2D eigenvalue weighted by Gasteiger charge is 2.33. The number of nitrogens with zero attached hydrogens (tertiary/aromatic N) is 1. The quantitative estimate of drug-likeness (QED) is 0.795. The van der Waals surface area contributed by atoms with E-state index in [2.05, 4.69) is 4.90 Å². The predicted octanol–water partition coefficient (Wildman–Crippen LogP) is 1.77. The van der Waals surface area contributed by atoms with Gasteiger partial charge in [0.2, 0.25) is 0 Å². The minimum Gasteiger partial charge on any atom is -0.399 e. The lowest BCUT2D eigenvalue weighted by Gasteiger charge is -2.32. The molecule has 0 amide bonds. The number of anilines is 1. The summed E-state index contributed by atoms with van der Waals surface area (Å²) in [4.78, 5) is 2.28. The van der Waals surface area contributed by atoms with Crippen molar-refractivity contribution in [3.8, 4) is 0 Å². The zero-order chi connectivity index (χ0) is 11.8. The summed E-state index contributed by atoms with van der Waals surface area (Å²) in [5, 5.41) is 0. The second-order valence-electron chi connectivity index (χ2n) is 5.00. The molecule has 1 aromatic carbocycles. The van der Waals surface area contributed by atoms with E-state index < -0.39 is 0 Å². The van der Waals surface area contributed by atoms with Crippen LogP contribution in [0.4, 0.5) is 10.1 Å². The molecule has 92 valence electrons. The van der Waals surface area contributed by atoms with Gasteiger partial charge in [0.25, 0.3) is 0 Å². The molecule has 4 heteroatoms. The van der Waals surface area contributed by atoms with Crippen LogP contribution in [0.3, 0.4) is 0 Å². The fourth-order valence-electron chi connectivity index (χ4n) is 2.76. The Labute approximate surface area is 100 Å². The number of nitrogens with two attached hydrogens (primary N) is 1. The maximum absolute atomic E-state index is 13.7. The lowest BCUT2D eigenvalue weighted by Crippen LogP contribution is -2.42. The van der Waals surface area contributed by atoms with Gasteiger partial charge in [0.1, 0.15) is 5.82 Å². The van der Waals surface area contributed by atoms with Crippen molar-refractivity contribution < 1.29 is 9.13 Å². The molecule has 2 bridgehead atoms. The highest BCUT2D eigenvalue weighted by Crippen LogP contribution is 2.27. The van der Waals surface area contributed by atoms with E-state index in [1.807, 2.05) is 0 Å². The van der Waals surface area contributed by atoms with Crippen LogP contribution in [0.1, 0.15) is 18.4 Å². The van der Waals surface area contributed by atoms with Gasteiger partial charge >= 0.3 is 0 Å². The van der Waals surface area contributed by atoms with Gasteiger partial charge in [-0.3, -0.25) is 4.90 Å². The number of fused-ring (bicyclic) bond motifs is 2. The molecule has 3 rings (SSSR count). The SMILES string of the molecule is Nc1ccc(CN2CC3CCC(C2)O3)c(F)c1. The summed E-state index contributed by atoms with van der Waals surface area (Å²) in [7, 11) is 0. The molecule has 0 radical (unpaired) electrons. The molecule has 3 nitrogen and oxygen atoms in total. The highest BCUT2D eigenvalue weighted by molar-refractivity contribution is 5.40. The van der Waals surface area contributed by atoms with E-state index in [-0.39, 0.29) is 5.82 Å². The third kappa shape index (κ3) is 2.28. The largest absolute Gasteiger partial charge is 0.399 e. The highest BCUT2D eigenvalue weighted by atomic mass is 19.1. The molecule has 2 aliphatic heterocycles. The fraction of sp³-hybridized carbons (Fsp3) is 0.538. The molecule has 2 atom stereocenters. The average Bonchev–Trinajstić information content (AvgIpc) is 2.62. The van der Waals surface area contributed by atoms with Crippen LogP contribution < -0.4 is 5.73 Å². The topological polar surface area (TPSA) is 38.5 Å². The lowest BCUT2D eigenvalue weighted by molar-refractivity contribution is -0.0413. The average molecular weight is 236 g/mol. The maximum Gasteiger partial charge on any atom is 0.129 e. The van der Waals surface area contributed by atoms with Gasteiger partial charge in [-0.05, 0) is 25.0 Å². The van der Waals surface area contributed by atoms with Crippen molar-refractivity contribution in [2.45, 2.75) is 31.6 Å². The van der Waals surface area contributed by atoms with Gasteiger partial charge in [-0.15, -0.1) is 0 Å². The van der Waals surface area contributed by atoms with E-state index in [0.717, 1.165) is 31.5 Å². The zero-order valence-corrected chi connectivity index (χ0v) is 9.73. The van der Waals surface area contributed by atoms with Crippen LogP contribution in [-0.2, 0) is 11.3 Å². The molecular formula is C13H17FN2O. The monoisotopic (exact) mass is 236 g/mol. The molecule has 0 saturated carbocycles. The van der Waals surface area contributed by atoms with E-state index >= 15 is 0 Å². The first kappa shape index (κ1) is 11.0. The summed E-state index contributed by atoms with van der Waals surface area (Å²) in [6.45, 7) is 2.49. The Hall–Kier alpha value is -1.13. The van der Waals surface area contributed by atoms with E-state index in [9.17, 15) is 4.39 Å². The summed E-state index contributed by atoms with van der Waals surface area (Å²) >= 11 is 0. The number of morpholine rings is 1. The number of halogens is 1. The van der Waals surface area contributed by atoms with Crippen molar-refractivity contribution in [1.29, 1.82) is 0 Å². The van der Waals surface area contributed by atoms with Crippen LogP contribution in [0.15, 0.2) is 18.2 Å². The Morgan fingerprint density at radius 2 is 2.00 bits per heavy atom. The number of nitrogen functional groups attached to an aromatic ring is 1. The number of rotatable bonds is 2. The molecule has 2 unspecified atom stereocenters. The molecule has 17 heavy (non-hydrogen) atoms. The zero-order valence-electron chi connectivity index (χ0n) is 9.73. The molecule has 0 aromatic heterocycles. The van der Waals surface area contributed by atoms with Gasteiger partial charge in [0.15, 0.2) is 0 Å². The Kier molecular flexibility index (Phi) is 2.76. The van der Waals surface area contributed by atoms with E-state index in [1.165, 1.54) is 6.07 Å². The standard InChI is InChI=1S/C13H17FN2O/c14-13-5-10(15)2-1-9(13)6-16-7-11-3-4-12(8-16)17-11/h1-2,5,11-12H,3-4,6-8,15H2. The van der Waals surface area contributed by atoms with Crippen molar-refractivity contribution in [2.24, 2.45) is 0 Å². The molecule has 2 aliphatic rings.